The summed E-state index contributed by atoms with van der Waals surface area (Å²) in [6.45, 7) is 2.52. The molecule has 0 unspecified atom stereocenters. The van der Waals surface area contributed by atoms with Gasteiger partial charge in [-0.2, -0.15) is 0 Å². The molecule has 0 saturated carbocycles. The van der Waals surface area contributed by atoms with Gasteiger partial charge < -0.3 is 15.2 Å². The average molecular weight is 200 g/mol. The molecule has 72 valence electrons. The van der Waals surface area contributed by atoms with Crippen molar-refractivity contribution in [3.8, 4) is 0 Å². The molecule has 0 spiro atoms. The molecule has 0 aromatic carbocycles. The second-order valence-electron chi connectivity index (χ2n) is 2.91. The number of nitrogens with two attached hydrogens (primary N) is 1. The third-order valence-electron chi connectivity index (χ3n) is 1.85. The van der Waals surface area contributed by atoms with Crippen LogP contribution in [0.15, 0.2) is 5.38 Å². The summed E-state index contributed by atoms with van der Waals surface area (Å²) in [4.78, 5) is 4.29. The molecule has 0 amide bonds. The molecule has 1 saturated heterocycles. The predicted molar refractivity (Wildman–Crippen MR) is 49.4 cm³/mol. The van der Waals surface area contributed by atoms with Crippen molar-refractivity contribution >= 4 is 11.3 Å². The fraction of sp³-hybridized carbons (Fsp3) is 0.625. The van der Waals surface area contributed by atoms with Crippen molar-refractivity contribution < 1.29 is 9.47 Å². The maximum absolute atomic E-state index is 5.50. The Morgan fingerprint density at radius 3 is 3.08 bits per heavy atom. The minimum absolute atomic E-state index is 0.267. The van der Waals surface area contributed by atoms with Gasteiger partial charge in [0.15, 0.2) is 0 Å². The Labute approximate surface area is 80.7 Å². The van der Waals surface area contributed by atoms with Crippen LogP contribution in [0.1, 0.15) is 10.7 Å². The summed E-state index contributed by atoms with van der Waals surface area (Å²) in [5, 5.41) is 2.95. The van der Waals surface area contributed by atoms with Gasteiger partial charge in [0.05, 0.1) is 25.5 Å². The van der Waals surface area contributed by atoms with Crippen LogP contribution in [0, 0.1) is 0 Å². The predicted octanol–water partition coefficient (Wildman–Crippen LogP) is 0.517. The van der Waals surface area contributed by atoms with E-state index in [4.69, 9.17) is 15.2 Å². The first-order chi connectivity index (χ1) is 6.38. The van der Waals surface area contributed by atoms with E-state index in [2.05, 4.69) is 4.98 Å². The molecule has 2 N–H and O–H groups in total. The first-order valence-corrected chi connectivity index (χ1v) is 5.09. The fourth-order valence-corrected chi connectivity index (χ4v) is 1.68. The normalized spacial score (nSPS) is 17.3. The smallest absolute Gasteiger partial charge is 0.107 e. The molecule has 1 aromatic heterocycles. The maximum atomic E-state index is 5.50. The van der Waals surface area contributed by atoms with Gasteiger partial charge in [0.2, 0.25) is 0 Å². The largest absolute Gasteiger partial charge is 0.376 e. The Bertz CT molecular complexity index is 273. The standard InChI is InChI=1S/C8H12N2O2S/c9-1-8-10-6(5-13-8)2-12-7-3-11-4-7/h5,7H,1-4,9H2. The summed E-state index contributed by atoms with van der Waals surface area (Å²) in [6.07, 6.45) is 0.267. The van der Waals surface area contributed by atoms with Gasteiger partial charge in [0.25, 0.3) is 0 Å². The minimum atomic E-state index is 0.267. The molecule has 4 nitrogen and oxygen atoms in total. The molecule has 13 heavy (non-hydrogen) atoms. The van der Waals surface area contributed by atoms with Crippen molar-refractivity contribution in [1.82, 2.24) is 4.98 Å². The van der Waals surface area contributed by atoms with Gasteiger partial charge >= 0.3 is 0 Å². The number of hydrogen-bond donors (Lipinski definition) is 1. The first kappa shape index (κ1) is 9.08. The highest BCUT2D eigenvalue weighted by atomic mass is 32.1. The fourth-order valence-electron chi connectivity index (χ4n) is 1.02. The molecule has 0 atom stereocenters. The summed E-state index contributed by atoms with van der Waals surface area (Å²) in [6, 6.07) is 0. The van der Waals surface area contributed by atoms with Crippen molar-refractivity contribution in [2.45, 2.75) is 19.3 Å². The Balaban J connectivity index is 1.79. The zero-order valence-corrected chi connectivity index (χ0v) is 8.05. The van der Waals surface area contributed by atoms with E-state index in [1.807, 2.05) is 5.38 Å². The Kier molecular flexibility index (Phi) is 2.90. The highest BCUT2D eigenvalue weighted by molar-refractivity contribution is 7.09. The summed E-state index contributed by atoms with van der Waals surface area (Å²) >= 11 is 1.58. The van der Waals surface area contributed by atoms with E-state index in [0.717, 1.165) is 10.7 Å². The van der Waals surface area contributed by atoms with Gasteiger partial charge in [0, 0.05) is 11.9 Å². The topological polar surface area (TPSA) is 57.4 Å². The highest BCUT2D eigenvalue weighted by Crippen LogP contribution is 2.12. The number of rotatable bonds is 4. The molecule has 1 aliphatic heterocycles. The third-order valence-corrected chi connectivity index (χ3v) is 2.77. The number of aromatic nitrogens is 1. The van der Waals surface area contributed by atoms with Crippen LogP contribution in [0.4, 0.5) is 0 Å². The van der Waals surface area contributed by atoms with E-state index >= 15 is 0 Å². The van der Waals surface area contributed by atoms with Crippen LogP contribution in [0.2, 0.25) is 0 Å². The van der Waals surface area contributed by atoms with Crippen LogP contribution in [-0.2, 0) is 22.6 Å². The van der Waals surface area contributed by atoms with Crippen molar-refractivity contribution in [2.24, 2.45) is 5.73 Å². The van der Waals surface area contributed by atoms with Gasteiger partial charge in [-0.05, 0) is 0 Å². The number of hydrogen-bond acceptors (Lipinski definition) is 5. The lowest BCUT2D eigenvalue weighted by Gasteiger charge is -2.25. The Hall–Kier alpha value is -0.490. The van der Waals surface area contributed by atoms with E-state index in [0.29, 0.717) is 26.4 Å². The molecule has 1 aliphatic rings. The Morgan fingerprint density at radius 1 is 1.69 bits per heavy atom. The van der Waals surface area contributed by atoms with Crippen LogP contribution in [0.3, 0.4) is 0 Å². The summed E-state index contributed by atoms with van der Waals surface area (Å²) < 4.78 is 10.5. The zero-order valence-electron chi connectivity index (χ0n) is 7.23. The molecular weight excluding hydrogens is 188 g/mol. The lowest BCUT2D eigenvalue weighted by molar-refractivity contribution is -0.135. The van der Waals surface area contributed by atoms with Gasteiger partial charge in [-0.3, -0.25) is 0 Å². The number of thiazole rings is 1. The third kappa shape index (κ3) is 2.25. The van der Waals surface area contributed by atoms with E-state index in [1.54, 1.807) is 11.3 Å². The monoisotopic (exact) mass is 200 g/mol. The summed E-state index contributed by atoms with van der Waals surface area (Å²) in [5.41, 5.74) is 6.41. The molecule has 0 aliphatic carbocycles. The van der Waals surface area contributed by atoms with E-state index in [1.165, 1.54) is 0 Å². The number of ether oxygens (including phenoxy) is 2. The molecule has 5 heteroatoms. The first-order valence-electron chi connectivity index (χ1n) is 4.21. The van der Waals surface area contributed by atoms with Crippen LogP contribution >= 0.6 is 11.3 Å². The van der Waals surface area contributed by atoms with Crippen LogP contribution < -0.4 is 5.73 Å². The second kappa shape index (κ2) is 4.15. The van der Waals surface area contributed by atoms with Gasteiger partial charge in [-0.1, -0.05) is 0 Å². The average Bonchev–Trinajstić information content (AvgIpc) is 2.49. The van der Waals surface area contributed by atoms with Crippen LogP contribution in [-0.4, -0.2) is 24.3 Å². The van der Waals surface area contributed by atoms with E-state index in [-0.39, 0.29) is 6.10 Å². The van der Waals surface area contributed by atoms with Gasteiger partial charge in [-0.25, -0.2) is 4.98 Å². The van der Waals surface area contributed by atoms with Gasteiger partial charge in [0.1, 0.15) is 11.1 Å². The van der Waals surface area contributed by atoms with Crippen LogP contribution in [0.5, 0.6) is 0 Å². The van der Waals surface area contributed by atoms with Crippen molar-refractivity contribution in [3.63, 3.8) is 0 Å². The summed E-state index contributed by atoms with van der Waals surface area (Å²) in [7, 11) is 0. The second-order valence-corrected chi connectivity index (χ2v) is 3.85. The molecule has 2 heterocycles. The van der Waals surface area contributed by atoms with Crippen molar-refractivity contribution in [3.05, 3.63) is 16.1 Å². The maximum Gasteiger partial charge on any atom is 0.107 e. The van der Waals surface area contributed by atoms with E-state index in [9.17, 15) is 0 Å². The molecule has 1 aromatic rings. The lowest BCUT2D eigenvalue weighted by Crippen LogP contribution is -2.35. The minimum Gasteiger partial charge on any atom is -0.376 e. The van der Waals surface area contributed by atoms with Crippen molar-refractivity contribution in [1.29, 1.82) is 0 Å². The Morgan fingerprint density at radius 2 is 2.54 bits per heavy atom. The summed E-state index contributed by atoms with van der Waals surface area (Å²) in [5.74, 6) is 0. The zero-order chi connectivity index (χ0) is 9.10. The molecule has 0 bridgehead atoms. The molecule has 0 radical (unpaired) electrons. The highest BCUT2D eigenvalue weighted by Gasteiger charge is 2.18. The quantitative estimate of drug-likeness (QED) is 0.769. The molecular formula is C8H12N2O2S. The van der Waals surface area contributed by atoms with Crippen LogP contribution in [0.25, 0.3) is 0 Å². The van der Waals surface area contributed by atoms with E-state index < -0.39 is 0 Å². The van der Waals surface area contributed by atoms with Gasteiger partial charge in [-0.15, -0.1) is 11.3 Å². The lowest BCUT2D eigenvalue weighted by atomic mass is 10.3. The number of nitrogens with zero attached hydrogens (tertiary/aromatic N) is 1. The molecule has 2 rings (SSSR count). The van der Waals surface area contributed by atoms with Crippen molar-refractivity contribution in [2.75, 3.05) is 13.2 Å². The molecule has 1 fully saturated rings. The SMILES string of the molecule is NCc1nc(COC2COC2)cs1.